The molecule has 1 aliphatic rings. The Morgan fingerprint density at radius 2 is 2.00 bits per heavy atom. The molecule has 0 bridgehead atoms. The van der Waals surface area contributed by atoms with E-state index in [4.69, 9.17) is 9.47 Å². The highest BCUT2D eigenvalue weighted by Crippen LogP contribution is 2.26. The third-order valence-corrected chi connectivity index (χ3v) is 3.64. The van der Waals surface area contributed by atoms with Gasteiger partial charge >= 0.3 is 11.7 Å². The smallest absolute Gasteiger partial charge is 0.349 e. The van der Waals surface area contributed by atoms with E-state index in [1.54, 1.807) is 30.4 Å². The van der Waals surface area contributed by atoms with Gasteiger partial charge in [0.2, 0.25) is 6.10 Å². The van der Waals surface area contributed by atoms with E-state index in [0.29, 0.717) is 5.56 Å². The fourth-order valence-corrected chi connectivity index (χ4v) is 2.17. The Kier molecular flexibility index (Phi) is 5.16. The molecule has 0 saturated carbocycles. The molecule has 2 atom stereocenters. The second kappa shape index (κ2) is 7.09. The van der Waals surface area contributed by atoms with E-state index in [9.17, 15) is 15.0 Å². The van der Waals surface area contributed by atoms with Crippen LogP contribution in [0.15, 0.2) is 47.9 Å². The first kappa shape index (κ1) is 16.7. The summed E-state index contributed by atoms with van der Waals surface area (Å²) >= 11 is 0. The average molecular weight is 315 g/mol. The molecule has 1 aromatic rings. The van der Waals surface area contributed by atoms with Crippen molar-refractivity contribution in [1.82, 2.24) is 0 Å². The van der Waals surface area contributed by atoms with Crippen LogP contribution in [0.5, 0.6) is 0 Å². The number of benzene rings is 1. The third-order valence-electron chi connectivity index (χ3n) is 3.64. The second-order valence-electron chi connectivity index (χ2n) is 5.23. The average Bonchev–Trinajstić information content (AvgIpc) is 2.54. The highest BCUT2D eigenvalue weighted by atomic mass is 16.6. The third kappa shape index (κ3) is 3.77. The SMILES string of the molecule is COC1=[C+]C=CC=C1OC(C(=O)O)C(O)c1ccc(C)c(C)c1. The zero-order chi connectivity index (χ0) is 17.0. The number of allylic oxidation sites excluding steroid dienone is 4. The van der Waals surface area contributed by atoms with E-state index in [1.165, 1.54) is 7.11 Å². The zero-order valence-electron chi connectivity index (χ0n) is 13.2. The maximum atomic E-state index is 11.5. The highest BCUT2D eigenvalue weighted by molar-refractivity contribution is 5.73. The lowest BCUT2D eigenvalue weighted by atomic mass is 9.99. The molecule has 0 saturated heterocycles. The van der Waals surface area contributed by atoms with Gasteiger partial charge in [0.25, 0.3) is 5.76 Å². The summed E-state index contributed by atoms with van der Waals surface area (Å²) in [5, 5.41) is 19.9. The van der Waals surface area contributed by atoms with Crippen molar-refractivity contribution in [3.63, 3.8) is 0 Å². The molecule has 1 aromatic carbocycles. The summed E-state index contributed by atoms with van der Waals surface area (Å²) in [4.78, 5) is 11.5. The van der Waals surface area contributed by atoms with Crippen LogP contribution in [0.2, 0.25) is 0 Å². The zero-order valence-corrected chi connectivity index (χ0v) is 13.2. The van der Waals surface area contributed by atoms with Crippen molar-refractivity contribution in [3.8, 4) is 0 Å². The molecule has 120 valence electrons. The van der Waals surface area contributed by atoms with Gasteiger partial charge in [-0.25, -0.2) is 4.79 Å². The largest absolute Gasteiger partial charge is 0.478 e. The number of carboxylic acid groups (broad SMARTS) is 1. The van der Waals surface area contributed by atoms with Crippen molar-refractivity contribution >= 4 is 5.97 Å². The van der Waals surface area contributed by atoms with Crippen LogP contribution >= 0.6 is 0 Å². The van der Waals surface area contributed by atoms with Gasteiger partial charge in [0.05, 0.1) is 25.3 Å². The molecule has 5 nitrogen and oxygen atoms in total. The molecule has 5 heteroatoms. The Labute approximate surface area is 135 Å². The molecule has 0 fully saturated rings. The summed E-state index contributed by atoms with van der Waals surface area (Å²) in [6, 6.07) is 5.29. The van der Waals surface area contributed by atoms with Crippen molar-refractivity contribution in [2.45, 2.75) is 26.1 Å². The van der Waals surface area contributed by atoms with Gasteiger partial charge in [-0.2, -0.15) is 0 Å². The van der Waals surface area contributed by atoms with Crippen molar-refractivity contribution in [2.24, 2.45) is 0 Å². The lowest BCUT2D eigenvalue weighted by Crippen LogP contribution is -2.31. The van der Waals surface area contributed by atoms with E-state index in [1.807, 2.05) is 19.9 Å². The first-order valence-corrected chi connectivity index (χ1v) is 7.13. The van der Waals surface area contributed by atoms with E-state index in [-0.39, 0.29) is 11.5 Å². The van der Waals surface area contributed by atoms with Crippen LogP contribution in [0.4, 0.5) is 0 Å². The number of aryl methyl sites for hydroxylation is 2. The summed E-state index contributed by atoms with van der Waals surface area (Å²) in [6.45, 7) is 3.85. The Balaban J connectivity index is 2.26. The van der Waals surface area contributed by atoms with Crippen LogP contribution in [0, 0.1) is 19.9 Å². The van der Waals surface area contributed by atoms with Gasteiger partial charge in [0.15, 0.2) is 0 Å². The molecule has 0 aliphatic heterocycles. The van der Waals surface area contributed by atoms with Crippen LogP contribution in [0.1, 0.15) is 22.8 Å². The number of carboxylic acids is 1. The Bertz CT molecular complexity index is 685. The first-order valence-electron chi connectivity index (χ1n) is 7.13. The number of hydrogen-bond donors (Lipinski definition) is 2. The lowest BCUT2D eigenvalue weighted by molar-refractivity contribution is -0.155. The lowest BCUT2D eigenvalue weighted by Gasteiger charge is -2.20. The first-order chi connectivity index (χ1) is 10.9. The maximum Gasteiger partial charge on any atom is 0.349 e. The topological polar surface area (TPSA) is 76.0 Å². The Morgan fingerprint density at radius 1 is 1.26 bits per heavy atom. The van der Waals surface area contributed by atoms with Crippen LogP contribution in [-0.2, 0) is 14.3 Å². The molecule has 0 aromatic heterocycles. The van der Waals surface area contributed by atoms with Crippen molar-refractivity contribution in [1.29, 1.82) is 0 Å². The molecule has 2 unspecified atom stereocenters. The number of hydrogen-bond acceptors (Lipinski definition) is 4. The van der Waals surface area contributed by atoms with E-state index in [2.05, 4.69) is 6.08 Å². The molecule has 23 heavy (non-hydrogen) atoms. The number of rotatable bonds is 6. The summed E-state index contributed by atoms with van der Waals surface area (Å²) in [7, 11) is 1.44. The molecule has 2 rings (SSSR count). The highest BCUT2D eigenvalue weighted by Gasteiger charge is 2.35. The maximum absolute atomic E-state index is 11.5. The Morgan fingerprint density at radius 3 is 2.61 bits per heavy atom. The van der Waals surface area contributed by atoms with Gasteiger partial charge in [0.1, 0.15) is 12.2 Å². The number of aliphatic carboxylic acids is 1. The quantitative estimate of drug-likeness (QED) is 0.789. The van der Waals surface area contributed by atoms with Gasteiger partial charge in [-0.05, 0) is 30.5 Å². The molecule has 0 spiro atoms. The monoisotopic (exact) mass is 315 g/mol. The summed E-state index contributed by atoms with van der Waals surface area (Å²) in [5.41, 5.74) is 2.52. The minimum absolute atomic E-state index is 0.213. The van der Waals surface area contributed by atoms with Gasteiger partial charge < -0.3 is 19.7 Å². The summed E-state index contributed by atoms with van der Waals surface area (Å²) in [5.74, 6) is -0.766. The molecular weight excluding hydrogens is 296 g/mol. The van der Waals surface area contributed by atoms with E-state index in [0.717, 1.165) is 11.1 Å². The van der Waals surface area contributed by atoms with E-state index < -0.39 is 18.2 Å². The predicted octanol–water partition coefficient (Wildman–Crippen LogP) is 2.59. The number of aliphatic hydroxyl groups excluding tert-OH is 1. The van der Waals surface area contributed by atoms with Gasteiger partial charge in [-0.15, -0.1) is 0 Å². The van der Waals surface area contributed by atoms with Gasteiger partial charge in [0, 0.05) is 0 Å². The standard InChI is InChI=1S/C18H18O5/c1-11-8-9-13(10-12(11)2)16(19)17(18(20)21)23-15-7-5-4-6-14(15)22-3/h4-5,7-10,16-17,19H,1-3H3/p+1. The van der Waals surface area contributed by atoms with Gasteiger partial charge in [-0.1, -0.05) is 18.2 Å². The number of methoxy groups -OCH3 is 1. The summed E-state index contributed by atoms with van der Waals surface area (Å²) < 4.78 is 10.6. The molecular formula is C18H19O5+. The van der Waals surface area contributed by atoms with Crippen molar-refractivity contribution < 1.29 is 24.5 Å². The van der Waals surface area contributed by atoms with Crippen LogP contribution in [-0.4, -0.2) is 29.4 Å². The van der Waals surface area contributed by atoms with Crippen LogP contribution < -0.4 is 0 Å². The van der Waals surface area contributed by atoms with Gasteiger partial charge in [-0.3, -0.25) is 0 Å². The second-order valence-corrected chi connectivity index (χ2v) is 5.23. The predicted molar refractivity (Wildman–Crippen MR) is 84.4 cm³/mol. The molecule has 2 N–H and O–H groups in total. The summed E-state index contributed by atoms with van der Waals surface area (Å²) in [6.07, 6.45) is 4.89. The van der Waals surface area contributed by atoms with Crippen molar-refractivity contribution in [2.75, 3.05) is 7.11 Å². The molecule has 0 amide bonds. The minimum Gasteiger partial charge on any atom is -0.478 e. The minimum atomic E-state index is -1.46. The fourth-order valence-electron chi connectivity index (χ4n) is 2.17. The van der Waals surface area contributed by atoms with Crippen LogP contribution in [0.25, 0.3) is 0 Å². The Hall–Kier alpha value is -2.62. The fraction of sp³-hybridized carbons (Fsp3) is 0.278. The number of carbonyl (C=O) groups is 1. The van der Waals surface area contributed by atoms with Crippen molar-refractivity contribution in [3.05, 3.63) is 70.7 Å². The number of ether oxygens (including phenoxy) is 2. The number of aliphatic hydroxyl groups is 1. The molecule has 0 radical (unpaired) electrons. The normalized spacial score (nSPS) is 15.8. The molecule has 0 heterocycles. The van der Waals surface area contributed by atoms with Crippen LogP contribution in [0.3, 0.4) is 0 Å². The molecule has 1 aliphatic carbocycles. The van der Waals surface area contributed by atoms with E-state index >= 15 is 0 Å².